The normalized spacial score (nSPS) is 11.6. The fourth-order valence-electron chi connectivity index (χ4n) is 2.29. The third-order valence-corrected chi connectivity index (χ3v) is 5.44. The minimum Gasteiger partial charge on any atom is -0.339 e. The highest BCUT2D eigenvalue weighted by atomic mass is 35.5. The van der Waals surface area contributed by atoms with E-state index in [2.05, 4.69) is 10.3 Å². The van der Waals surface area contributed by atoms with E-state index in [9.17, 15) is 4.79 Å². The lowest BCUT2D eigenvalue weighted by Gasteiger charge is -2.19. The second-order valence-electron chi connectivity index (χ2n) is 5.29. The molecule has 1 atom stereocenters. The first-order valence-corrected chi connectivity index (χ1v) is 9.35. The Bertz CT molecular complexity index is 996. The van der Waals surface area contributed by atoms with Gasteiger partial charge in [0.15, 0.2) is 0 Å². The summed E-state index contributed by atoms with van der Waals surface area (Å²) >= 11 is 19.2. The third-order valence-electron chi connectivity index (χ3n) is 3.55. The number of nitrogens with one attached hydrogen (secondary N) is 1. The number of carbonyl (C=O) groups excluding carboxylic acids is 1. The lowest BCUT2D eigenvalue weighted by Crippen LogP contribution is -2.29. The molecule has 2 heterocycles. The van der Waals surface area contributed by atoms with E-state index in [-0.39, 0.29) is 5.91 Å². The van der Waals surface area contributed by atoms with Crippen LogP contribution < -0.4 is 5.32 Å². The lowest BCUT2D eigenvalue weighted by atomic mass is 10.0. The van der Waals surface area contributed by atoms with Gasteiger partial charge in [0.05, 0.1) is 37.2 Å². The van der Waals surface area contributed by atoms with Gasteiger partial charge in [0.1, 0.15) is 6.07 Å². The zero-order chi connectivity index (χ0) is 18.7. The average molecular weight is 423 g/mol. The van der Waals surface area contributed by atoms with Gasteiger partial charge in [-0.1, -0.05) is 40.9 Å². The predicted molar refractivity (Wildman–Crippen MR) is 104 cm³/mol. The summed E-state index contributed by atoms with van der Waals surface area (Å²) in [6, 6.07) is 11.5. The van der Waals surface area contributed by atoms with E-state index in [1.54, 1.807) is 41.8 Å². The molecule has 0 aliphatic carbocycles. The molecule has 3 rings (SSSR count). The van der Waals surface area contributed by atoms with E-state index in [1.807, 2.05) is 6.07 Å². The lowest BCUT2D eigenvalue weighted by molar-refractivity contribution is 0.0946. The van der Waals surface area contributed by atoms with Crippen LogP contribution in [0.1, 0.15) is 32.5 Å². The highest BCUT2D eigenvalue weighted by molar-refractivity contribution is 7.12. The monoisotopic (exact) mass is 421 g/mol. The Morgan fingerprint density at radius 2 is 1.96 bits per heavy atom. The van der Waals surface area contributed by atoms with Gasteiger partial charge in [-0.05, 0) is 35.9 Å². The van der Waals surface area contributed by atoms with Crippen molar-refractivity contribution >= 4 is 52.0 Å². The van der Waals surface area contributed by atoms with Crippen LogP contribution in [-0.2, 0) is 0 Å². The molecule has 0 radical (unpaired) electrons. The predicted octanol–water partition coefficient (Wildman–Crippen LogP) is 5.49. The minimum absolute atomic E-state index is 0.315. The molecule has 0 unspecified atom stereocenters. The highest BCUT2D eigenvalue weighted by Crippen LogP contribution is 2.29. The summed E-state index contributed by atoms with van der Waals surface area (Å²) in [5.41, 5.74) is 1.76. The standard InChI is InChI=1S/C18H10Cl3N3OS/c19-12-2-4-15(23-8-12)17(11-1-3-13(20)14(21)6-11)24-18(25)16-5-10(7-22)9-26-16/h1-6,8-9,17H,(H,24,25)/t17-/m0/s1. The maximum Gasteiger partial charge on any atom is 0.262 e. The molecule has 4 nitrogen and oxygen atoms in total. The number of halogens is 3. The Morgan fingerprint density at radius 1 is 1.15 bits per heavy atom. The molecule has 0 aliphatic rings. The van der Waals surface area contributed by atoms with Crippen molar-refractivity contribution in [1.29, 1.82) is 5.26 Å². The van der Waals surface area contributed by atoms with Crippen molar-refractivity contribution < 1.29 is 4.79 Å². The second-order valence-corrected chi connectivity index (χ2v) is 7.45. The molecule has 130 valence electrons. The van der Waals surface area contributed by atoms with Crippen molar-refractivity contribution in [3.8, 4) is 6.07 Å². The first-order valence-electron chi connectivity index (χ1n) is 7.34. The Labute approximate surface area is 169 Å². The summed E-state index contributed by atoms with van der Waals surface area (Å²) < 4.78 is 0. The maximum absolute atomic E-state index is 12.6. The van der Waals surface area contributed by atoms with E-state index >= 15 is 0 Å². The second kappa shape index (κ2) is 8.07. The van der Waals surface area contributed by atoms with Crippen LogP contribution in [0.5, 0.6) is 0 Å². The number of hydrogen-bond donors (Lipinski definition) is 1. The van der Waals surface area contributed by atoms with Crippen molar-refractivity contribution in [3.05, 3.63) is 84.7 Å². The maximum atomic E-state index is 12.6. The first-order chi connectivity index (χ1) is 12.5. The van der Waals surface area contributed by atoms with Gasteiger partial charge in [-0.3, -0.25) is 9.78 Å². The van der Waals surface area contributed by atoms with Gasteiger partial charge in [0.25, 0.3) is 5.91 Å². The molecule has 0 saturated heterocycles. The van der Waals surface area contributed by atoms with Crippen molar-refractivity contribution in [2.75, 3.05) is 0 Å². The molecule has 3 aromatic rings. The number of nitriles is 1. The van der Waals surface area contributed by atoms with Crippen LogP contribution in [0, 0.1) is 11.3 Å². The Kier molecular flexibility index (Phi) is 5.80. The summed E-state index contributed by atoms with van der Waals surface area (Å²) in [5, 5.41) is 14.8. The molecular formula is C18H10Cl3N3OS. The molecule has 1 aromatic carbocycles. The molecule has 1 amide bonds. The largest absolute Gasteiger partial charge is 0.339 e. The molecule has 1 N–H and O–H groups in total. The Balaban J connectivity index is 1.97. The summed E-state index contributed by atoms with van der Waals surface area (Å²) in [6.07, 6.45) is 1.51. The Morgan fingerprint density at radius 3 is 2.58 bits per heavy atom. The van der Waals surface area contributed by atoms with Crippen LogP contribution in [0.25, 0.3) is 0 Å². The summed E-state index contributed by atoms with van der Waals surface area (Å²) in [5.74, 6) is -0.315. The number of aromatic nitrogens is 1. The zero-order valence-corrected chi connectivity index (χ0v) is 16.1. The molecule has 0 bridgehead atoms. The number of carbonyl (C=O) groups is 1. The number of thiophene rings is 1. The SMILES string of the molecule is N#Cc1csc(C(=O)N[C@@H](c2ccc(Cl)c(Cl)c2)c2ccc(Cl)cn2)c1. The highest BCUT2D eigenvalue weighted by Gasteiger charge is 2.21. The van der Waals surface area contributed by atoms with Gasteiger partial charge >= 0.3 is 0 Å². The zero-order valence-electron chi connectivity index (χ0n) is 13.0. The van der Waals surface area contributed by atoms with E-state index in [4.69, 9.17) is 40.1 Å². The van der Waals surface area contributed by atoms with Crippen LogP contribution >= 0.6 is 46.1 Å². The number of amides is 1. The molecular weight excluding hydrogens is 413 g/mol. The van der Waals surface area contributed by atoms with Crippen LogP contribution in [0.15, 0.2) is 48.0 Å². The smallest absolute Gasteiger partial charge is 0.262 e. The van der Waals surface area contributed by atoms with Gasteiger partial charge < -0.3 is 5.32 Å². The number of nitrogens with zero attached hydrogens (tertiary/aromatic N) is 2. The summed E-state index contributed by atoms with van der Waals surface area (Å²) in [7, 11) is 0. The minimum atomic E-state index is -0.554. The van der Waals surface area contributed by atoms with E-state index in [0.717, 1.165) is 5.56 Å². The van der Waals surface area contributed by atoms with E-state index in [0.29, 0.717) is 31.2 Å². The molecule has 26 heavy (non-hydrogen) atoms. The van der Waals surface area contributed by atoms with Crippen LogP contribution in [-0.4, -0.2) is 10.9 Å². The molecule has 2 aromatic heterocycles. The molecule has 0 fully saturated rings. The molecule has 0 saturated carbocycles. The van der Waals surface area contributed by atoms with Gasteiger partial charge in [0.2, 0.25) is 0 Å². The fraction of sp³-hybridized carbons (Fsp3) is 0.0556. The number of benzene rings is 1. The van der Waals surface area contributed by atoms with E-state index < -0.39 is 6.04 Å². The third kappa shape index (κ3) is 4.17. The van der Waals surface area contributed by atoms with Crippen molar-refractivity contribution in [3.63, 3.8) is 0 Å². The quantitative estimate of drug-likeness (QED) is 0.604. The van der Waals surface area contributed by atoms with Crippen molar-refractivity contribution in [2.45, 2.75) is 6.04 Å². The van der Waals surface area contributed by atoms with Gasteiger partial charge in [-0.15, -0.1) is 11.3 Å². The van der Waals surface area contributed by atoms with Gasteiger partial charge in [0, 0.05) is 11.6 Å². The van der Waals surface area contributed by atoms with Crippen LogP contribution in [0.4, 0.5) is 0 Å². The molecule has 0 spiro atoms. The van der Waals surface area contributed by atoms with E-state index in [1.165, 1.54) is 17.5 Å². The van der Waals surface area contributed by atoms with Crippen molar-refractivity contribution in [1.82, 2.24) is 10.3 Å². The number of rotatable bonds is 4. The molecule has 8 heteroatoms. The molecule has 0 aliphatic heterocycles. The Hall–Kier alpha value is -2.10. The summed E-state index contributed by atoms with van der Waals surface area (Å²) in [6.45, 7) is 0. The van der Waals surface area contributed by atoms with Crippen LogP contribution in [0.2, 0.25) is 15.1 Å². The topological polar surface area (TPSA) is 65.8 Å². The summed E-state index contributed by atoms with van der Waals surface area (Å²) in [4.78, 5) is 17.4. The average Bonchev–Trinajstić information content (AvgIpc) is 3.12. The van der Waals surface area contributed by atoms with Crippen LogP contribution in [0.3, 0.4) is 0 Å². The number of hydrogen-bond acceptors (Lipinski definition) is 4. The van der Waals surface area contributed by atoms with Gasteiger partial charge in [-0.25, -0.2) is 0 Å². The van der Waals surface area contributed by atoms with Crippen molar-refractivity contribution in [2.24, 2.45) is 0 Å². The first kappa shape index (κ1) is 18.7. The fourth-order valence-corrected chi connectivity index (χ4v) is 3.45. The number of pyridine rings is 1. The van der Waals surface area contributed by atoms with Gasteiger partial charge in [-0.2, -0.15) is 5.26 Å².